The number of hydrogen-bond acceptors (Lipinski definition) is 6. The highest BCUT2D eigenvalue weighted by molar-refractivity contribution is 5.79. The molecule has 1 N–H and O–H groups in total. The van der Waals surface area contributed by atoms with Gasteiger partial charge in [0.15, 0.2) is 6.61 Å². The minimum absolute atomic E-state index is 0.136. The monoisotopic (exact) mass is 281 g/mol. The van der Waals surface area contributed by atoms with Crippen molar-refractivity contribution in [2.45, 2.75) is 19.4 Å². The third-order valence-electron chi connectivity index (χ3n) is 2.67. The van der Waals surface area contributed by atoms with E-state index in [2.05, 4.69) is 10.1 Å². The van der Waals surface area contributed by atoms with Gasteiger partial charge in [-0.15, -0.1) is 0 Å². The Balaban J connectivity index is 2.57. The maximum Gasteiger partial charge on any atom is 0.343 e. The third kappa shape index (κ3) is 4.79. The summed E-state index contributed by atoms with van der Waals surface area (Å²) in [7, 11) is 2.66. The molecule has 1 atom stereocenters. The molecule has 0 fully saturated rings. The Bertz CT molecular complexity index is 443. The van der Waals surface area contributed by atoms with Crippen molar-refractivity contribution in [3.8, 4) is 5.75 Å². The van der Waals surface area contributed by atoms with Crippen LogP contribution in [-0.2, 0) is 19.1 Å². The molecule has 6 nitrogen and oxygen atoms in total. The van der Waals surface area contributed by atoms with E-state index in [0.29, 0.717) is 12.2 Å². The van der Waals surface area contributed by atoms with Crippen LogP contribution in [0.3, 0.4) is 0 Å². The fraction of sp³-hybridized carbons (Fsp3) is 0.429. The van der Waals surface area contributed by atoms with Crippen LogP contribution < -0.4 is 10.1 Å². The van der Waals surface area contributed by atoms with E-state index in [0.717, 1.165) is 5.69 Å². The molecule has 0 heterocycles. The number of anilines is 1. The van der Waals surface area contributed by atoms with Gasteiger partial charge in [-0.3, -0.25) is 0 Å². The Labute approximate surface area is 118 Å². The molecule has 0 aromatic heterocycles. The minimum atomic E-state index is -0.441. The summed E-state index contributed by atoms with van der Waals surface area (Å²) in [5.41, 5.74) is 0.771. The quantitative estimate of drug-likeness (QED) is 0.765. The first-order valence-corrected chi connectivity index (χ1v) is 6.24. The molecule has 1 unspecified atom stereocenters. The van der Waals surface area contributed by atoms with E-state index >= 15 is 0 Å². The lowest BCUT2D eigenvalue weighted by atomic mass is 10.2. The average Bonchev–Trinajstić information content (AvgIpc) is 2.50. The first-order valence-electron chi connectivity index (χ1n) is 6.24. The highest BCUT2D eigenvalue weighted by atomic mass is 16.6. The SMILES string of the molecule is CCC(Nc1ccc(OCC(=O)OC)cc1)C(=O)OC. The van der Waals surface area contributed by atoms with Crippen molar-refractivity contribution >= 4 is 17.6 Å². The Morgan fingerprint density at radius 3 is 2.30 bits per heavy atom. The second kappa shape index (κ2) is 8.04. The van der Waals surface area contributed by atoms with E-state index in [4.69, 9.17) is 9.47 Å². The van der Waals surface area contributed by atoms with Crippen molar-refractivity contribution in [1.82, 2.24) is 0 Å². The van der Waals surface area contributed by atoms with Crippen molar-refractivity contribution in [1.29, 1.82) is 0 Å². The number of ether oxygens (including phenoxy) is 3. The van der Waals surface area contributed by atoms with Gasteiger partial charge >= 0.3 is 11.9 Å². The van der Waals surface area contributed by atoms with Crippen molar-refractivity contribution in [2.24, 2.45) is 0 Å². The van der Waals surface area contributed by atoms with Crippen molar-refractivity contribution in [3.05, 3.63) is 24.3 Å². The van der Waals surface area contributed by atoms with Crippen LogP contribution >= 0.6 is 0 Å². The summed E-state index contributed by atoms with van der Waals surface area (Å²) in [4.78, 5) is 22.4. The Morgan fingerprint density at radius 2 is 1.80 bits per heavy atom. The molecule has 0 radical (unpaired) electrons. The second-order valence-electron chi connectivity index (χ2n) is 4.02. The van der Waals surface area contributed by atoms with Gasteiger partial charge in [0, 0.05) is 5.69 Å². The lowest BCUT2D eigenvalue weighted by Gasteiger charge is -2.16. The molecule has 0 aliphatic rings. The molecule has 6 heteroatoms. The van der Waals surface area contributed by atoms with Gasteiger partial charge in [-0.1, -0.05) is 6.92 Å². The first-order chi connectivity index (χ1) is 9.60. The largest absolute Gasteiger partial charge is 0.482 e. The van der Waals surface area contributed by atoms with E-state index in [9.17, 15) is 9.59 Å². The van der Waals surface area contributed by atoms with Crippen molar-refractivity contribution in [3.63, 3.8) is 0 Å². The van der Waals surface area contributed by atoms with Crippen LogP contribution in [0.1, 0.15) is 13.3 Å². The van der Waals surface area contributed by atoms with Gasteiger partial charge in [0.05, 0.1) is 14.2 Å². The molecule has 1 aromatic rings. The zero-order valence-electron chi connectivity index (χ0n) is 11.8. The topological polar surface area (TPSA) is 73.9 Å². The molecule has 0 saturated carbocycles. The standard InChI is InChI=1S/C14H19NO5/c1-4-12(14(17)19-3)15-10-5-7-11(8-6-10)20-9-13(16)18-2/h5-8,12,15H,4,9H2,1-3H3. The van der Waals surface area contributed by atoms with E-state index in [1.54, 1.807) is 24.3 Å². The summed E-state index contributed by atoms with van der Waals surface area (Å²) >= 11 is 0. The molecule has 1 rings (SSSR count). The zero-order valence-corrected chi connectivity index (χ0v) is 11.8. The van der Waals surface area contributed by atoms with Crippen LogP contribution in [0.2, 0.25) is 0 Å². The summed E-state index contributed by atoms with van der Waals surface area (Å²) in [6.07, 6.45) is 0.618. The lowest BCUT2D eigenvalue weighted by molar-refractivity contribution is -0.143. The number of hydrogen-bond donors (Lipinski definition) is 1. The molecular formula is C14H19NO5. The number of esters is 2. The highest BCUT2D eigenvalue weighted by Gasteiger charge is 2.16. The lowest BCUT2D eigenvalue weighted by Crippen LogP contribution is -2.29. The molecule has 110 valence electrons. The van der Waals surface area contributed by atoms with E-state index in [1.165, 1.54) is 14.2 Å². The number of benzene rings is 1. The molecule has 0 aliphatic carbocycles. The van der Waals surface area contributed by atoms with E-state index < -0.39 is 5.97 Å². The number of methoxy groups -OCH3 is 2. The highest BCUT2D eigenvalue weighted by Crippen LogP contribution is 2.17. The molecule has 20 heavy (non-hydrogen) atoms. The summed E-state index contributed by atoms with van der Waals surface area (Å²) in [6, 6.07) is 6.54. The third-order valence-corrected chi connectivity index (χ3v) is 2.67. The van der Waals surface area contributed by atoms with E-state index in [-0.39, 0.29) is 18.6 Å². The van der Waals surface area contributed by atoms with Gasteiger partial charge in [0.2, 0.25) is 0 Å². The molecule has 0 amide bonds. The predicted octanol–water partition coefficient (Wildman–Crippen LogP) is 1.60. The fourth-order valence-corrected chi connectivity index (χ4v) is 1.52. The van der Waals surface area contributed by atoms with Crippen LogP contribution in [0, 0.1) is 0 Å². The van der Waals surface area contributed by atoms with Crippen LogP contribution in [0.15, 0.2) is 24.3 Å². The first kappa shape index (κ1) is 15.8. The summed E-state index contributed by atoms with van der Waals surface area (Å²) in [5.74, 6) is -0.200. The van der Waals surface area contributed by atoms with Crippen molar-refractivity contribution < 1.29 is 23.8 Å². The second-order valence-corrected chi connectivity index (χ2v) is 4.02. The van der Waals surface area contributed by atoms with Crippen LogP contribution in [0.4, 0.5) is 5.69 Å². The fourth-order valence-electron chi connectivity index (χ4n) is 1.52. The van der Waals surface area contributed by atoms with Crippen LogP contribution in [-0.4, -0.2) is 38.8 Å². The smallest absolute Gasteiger partial charge is 0.343 e. The number of carbonyl (C=O) groups excluding carboxylic acids is 2. The molecule has 1 aromatic carbocycles. The van der Waals surface area contributed by atoms with E-state index in [1.807, 2.05) is 6.92 Å². The summed E-state index contributed by atoms with van der Waals surface area (Å²) in [6.45, 7) is 1.76. The predicted molar refractivity (Wildman–Crippen MR) is 73.7 cm³/mol. The summed E-state index contributed by atoms with van der Waals surface area (Å²) in [5, 5.41) is 3.06. The summed E-state index contributed by atoms with van der Waals surface area (Å²) < 4.78 is 14.4. The average molecular weight is 281 g/mol. The maximum atomic E-state index is 11.5. The van der Waals surface area contributed by atoms with Gasteiger partial charge in [-0.25, -0.2) is 9.59 Å². The van der Waals surface area contributed by atoms with Gasteiger partial charge in [0.25, 0.3) is 0 Å². The normalized spacial score (nSPS) is 11.3. The van der Waals surface area contributed by atoms with Crippen LogP contribution in [0.25, 0.3) is 0 Å². The Morgan fingerprint density at radius 1 is 1.15 bits per heavy atom. The van der Waals surface area contributed by atoms with Gasteiger partial charge in [-0.05, 0) is 30.7 Å². The van der Waals surface area contributed by atoms with Crippen molar-refractivity contribution in [2.75, 3.05) is 26.1 Å². The van der Waals surface area contributed by atoms with Gasteiger partial charge in [0.1, 0.15) is 11.8 Å². The number of rotatable bonds is 7. The van der Waals surface area contributed by atoms with Crippen LogP contribution in [0.5, 0.6) is 5.75 Å². The zero-order chi connectivity index (χ0) is 15.0. The molecule has 0 spiro atoms. The number of carbonyl (C=O) groups is 2. The van der Waals surface area contributed by atoms with Gasteiger partial charge in [-0.2, -0.15) is 0 Å². The molecule has 0 saturated heterocycles. The maximum absolute atomic E-state index is 11.5. The number of nitrogens with one attached hydrogen (secondary N) is 1. The Kier molecular flexibility index (Phi) is 6.36. The molecule has 0 bridgehead atoms. The Hall–Kier alpha value is -2.24. The van der Waals surface area contributed by atoms with Gasteiger partial charge < -0.3 is 19.5 Å². The molecular weight excluding hydrogens is 262 g/mol. The minimum Gasteiger partial charge on any atom is -0.482 e. The molecule has 0 aliphatic heterocycles.